The van der Waals surface area contributed by atoms with E-state index in [1.165, 1.54) is 31.6 Å². The van der Waals surface area contributed by atoms with E-state index in [2.05, 4.69) is 20.7 Å². The van der Waals surface area contributed by atoms with Gasteiger partial charge in [-0.3, -0.25) is 4.68 Å². The third kappa shape index (κ3) is 4.35. The molecule has 2 aromatic heterocycles. The number of carbonyl (C=O) groups is 1. The Morgan fingerprint density at radius 1 is 1.33 bits per heavy atom. The number of aryl methyl sites for hydroxylation is 1. The van der Waals surface area contributed by atoms with Gasteiger partial charge in [0.15, 0.2) is 0 Å². The van der Waals surface area contributed by atoms with Crippen molar-refractivity contribution in [3.63, 3.8) is 0 Å². The van der Waals surface area contributed by atoms with E-state index in [-0.39, 0.29) is 12.4 Å². The van der Waals surface area contributed by atoms with Crippen LogP contribution < -0.4 is 15.4 Å². The zero-order valence-corrected chi connectivity index (χ0v) is 15.4. The molecule has 27 heavy (non-hydrogen) atoms. The minimum absolute atomic E-state index is 0.188. The monoisotopic (exact) mass is 389 g/mol. The summed E-state index contributed by atoms with van der Waals surface area (Å²) < 4.78 is 20.1. The molecule has 0 radical (unpaired) electrons. The molecule has 2 heterocycles. The van der Waals surface area contributed by atoms with Crippen molar-refractivity contribution in [2.45, 2.75) is 6.54 Å². The average Bonchev–Trinajstić information content (AvgIpc) is 2.98. The maximum Gasteiger partial charge on any atom is 0.319 e. The summed E-state index contributed by atoms with van der Waals surface area (Å²) in [5.74, 6) is -0.00187. The van der Waals surface area contributed by atoms with Crippen molar-refractivity contribution in [1.82, 2.24) is 20.1 Å². The number of pyridine rings is 1. The number of hydrogen-bond donors (Lipinski definition) is 2. The Kier molecular flexibility index (Phi) is 5.56. The number of anilines is 1. The molecule has 0 unspecified atom stereocenters. The largest absolute Gasteiger partial charge is 0.481 e. The molecule has 2 amide bonds. The summed E-state index contributed by atoms with van der Waals surface area (Å²) in [6.07, 6.45) is 2.98. The summed E-state index contributed by atoms with van der Waals surface area (Å²) in [4.78, 5) is 16.3. The molecule has 0 aliphatic heterocycles. The number of nitrogens with zero attached hydrogens (tertiary/aromatic N) is 3. The van der Waals surface area contributed by atoms with E-state index in [4.69, 9.17) is 16.3 Å². The first-order valence-corrected chi connectivity index (χ1v) is 8.37. The van der Waals surface area contributed by atoms with E-state index in [1.807, 2.05) is 0 Å². The molecule has 2 N–H and O–H groups in total. The maximum absolute atomic E-state index is 13.2. The molecule has 0 bridgehead atoms. The summed E-state index contributed by atoms with van der Waals surface area (Å²) in [6.45, 7) is 0.188. The Morgan fingerprint density at radius 2 is 2.15 bits per heavy atom. The molecule has 7 nitrogen and oxygen atoms in total. The fourth-order valence-corrected chi connectivity index (χ4v) is 2.84. The molecule has 0 spiro atoms. The number of methoxy groups -OCH3 is 1. The number of carbonyl (C=O) groups excluding carboxylic acids is 1. The highest BCUT2D eigenvalue weighted by atomic mass is 35.5. The van der Waals surface area contributed by atoms with Crippen molar-refractivity contribution >= 4 is 23.3 Å². The number of nitrogens with one attached hydrogen (secondary N) is 2. The van der Waals surface area contributed by atoms with E-state index < -0.39 is 6.03 Å². The van der Waals surface area contributed by atoms with E-state index in [1.54, 1.807) is 29.9 Å². The van der Waals surface area contributed by atoms with E-state index >= 15 is 0 Å². The predicted octanol–water partition coefficient (Wildman–Crippen LogP) is 3.60. The second kappa shape index (κ2) is 8.05. The summed E-state index contributed by atoms with van der Waals surface area (Å²) >= 11 is 6.20. The van der Waals surface area contributed by atoms with Gasteiger partial charge in [0.2, 0.25) is 5.88 Å². The van der Waals surface area contributed by atoms with Gasteiger partial charge in [0.1, 0.15) is 5.82 Å². The van der Waals surface area contributed by atoms with Crippen molar-refractivity contribution in [3.8, 4) is 17.1 Å². The van der Waals surface area contributed by atoms with Gasteiger partial charge in [0, 0.05) is 13.6 Å². The summed E-state index contributed by atoms with van der Waals surface area (Å²) in [7, 11) is 3.24. The molecule has 0 atom stereocenters. The van der Waals surface area contributed by atoms with Gasteiger partial charge in [-0.2, -0.15) is 5.10 Å². The van der Waals surface area contributed by atoms with Crippen LogP contribution in [0.4, 0.5) is 14.9 Å². The fraction of sp³-hybridized carbons (Fsp3) is 0.167. The first kappa shape index (κ1) is 18.7. The van der Waals surface area contributed by atoms with Crippen LogP contribution in [0.2, 0.25) is 5.02 Å². The Morgan fingerprint density at radius 3 is 2.81 bits per heavy atom. The number of hydrogen-bond acceptors (Lipinski definition) is 4. The van der Waals surface area contributed by atoms with Crippen LogP contribution in [0.15, 0.2) is 42.7 Å². The Labute approximate surface area is 160 Å². The molecule has 140 valence electrons. The molecule has 0 fully saturated rings. The minimum atomic E-state index is -0.451. The lowest BCUT2D eigenvalue weighted by atomic mass is 10.2. The predicted molar refractivity (Wildman–Crippen MR) is 100 cm³/mol. The minimum Gasteiger partial charge on any atom is -0.481 e. The fourth-order valence-electron chi connectivity index (χ4n) is 2.57. The van der Waals surface area contributed by atoms with Crippen LogP contribution in [-0.4, -0.2) is 27.9 Å². The first-order chi connectivity index (χ1) is 13.0. The van der Waals surface area contributed by atoms with Gasteiger partial charge in [0.05, 0.1) is 41.5 Å². The topological polar surface area (TPSA) is 81.1 Å². The first-order valence-electron chi connectivity index (χ1n) is 7.99. The van der Waals surface area contributed by atoms with Crippen molar-refractivity contribution in [2.75, 3.05) is 12.4 Å². The lowest BCUT2D eigenvalue weighted by molar-refractivity contribution is 0.251. The third-order valence-electron chi connectivity index (χ3n) is 3.79. The second-order valence-corrected chi connectivity index (χ2v) is 6.09. The van der Waals surface area contributed by atoms with E-state index in [9.17, 15) is 9.18 Å². The van der Waals surface area contributed by atoms with Crippen molar-refractivity contribution in [3.05, 3.63) is 59.1 Å². The smallest absolute Gasteiger partial charge is 0.319 e. The van der Waals surface area contributed by atoms with Gasteiger partial charge in [-0.05, 0) is 23.8 Å². The standard InChI is InChI=1S/C18H17ClFN5O2/c1-25-16(15(19)10-23-25)14-7-13(9-21-17(14)27-2)24-18(26)22-8-11-4-3-5-12(20)6-11/h3-7,9-10H,8H2,1-2H3,(H2,22,24,26). The van der Waals surface area contributed by atoms with Crippen molar-refractivity contribution in [1.29, 1.82) is 0 Å². The molecule has 9 heteroatoms. The normalized spacial score (nSPS) is 10.5. The van der Waals surface area contributed by atoms with Crippen LogP contribution in [0.3, 0.4) is 0 Å². The molecular weight excluding hydrogens is 373 g/mol. The quantitative estimate of drug-likeness (QED) is 0.698. The van der Waals surface area contributed by atoms with Crippen LogP contribution in [0, 0.1) is 5.82 Å². The van der Waals surface area contributed by atoms with Gasteiger partial charge in [-0.25, -0.2) is 14.2 Å². The van der Waals surface area contributed by atoms with Crippen LogP contribution in [0.1, 0.15) is 5.56 Å². The van der Waals surface area contributed by atoms with Gasteiger partial charge >= 0.3 is 6.03 Å². The molecule has 3 aromatic rings. The lowest BCUT2D eigenvalue weighted by Crippen LogP contribution is -2.28. The number of rotatable bonds is 5. The molecule has 0 saturated heterocycles. The molecule has 3 rings (SSSR count). The highest BCUT2D eigenvalue weighted by molar-refractivity contribution is 6.33. The number of urea groups is 1. The molecule has 0 aliphatic carbocycles. The number of aromatic nitrogens is 3. The van der Waals surface area contributed by atoms with Crippen LogP contribution in [-0.2, 0) is 13.6 Å². The molecule has 0 aliphatic rings. The maximum atomic E-state index is 13.2. The SMILES string of the molecule is COc1ncc(NC(=O)NCc2cccc(F)c2)cc1-c1c(Cl)cnn1C. The van der Waals surface area contributed by atoms with Crippen LogP contribution in [0.5, 0.6) is 5.88 Å². The number of ether oxygens (including phenoxy) is 1. The van der Waals surface area contributed by atoms with E-state index in [0.717, 1.165) is 0 Å². The second-order valence-electron chi connectivity index (χ2n) is 5.68. The molecular formula is C18H17ClFN5O2. The summed E-state index contributed by atoms with van der Waals surface area (Å²) in [5, 5.41) is 9.88. The summed E-state index contributed by atoms with van der Waals surface area (Å²) in [5.41, 5.74) is 2.30. The molecule has 1 aromatic carbocycles. The van der Waals surface area contributed by atoms with Gasteiger partial charge in [-0.1, -0.05) is 23.7 Å². The number of benzene rings is 1. The highest BCUT2D eigenvalue weighted by Crippen LogP contribution is 2.34. The summed E-state index contributed by atoms with van der Waals surface area (Å²) in [6, 6.07) is 7.25. The van der Waals surface area contributed by atoms with Crippen LogP contribution in [0.25, 0.3) is 11.3 Å². The van der Waals surface area contributed by atoms with Gasteiger partial charge in [-0.15, -0.1) is 0 Å². The highest BCUT2D eigenvalue weighted by Gasteiger charge is 2.17. The molecule has 0 saturated carbocycles. The number of halogens is 2. The zero-order valence-electron chi connectivity index (χ0n) is 14.7. The van der Waals surface area contributed by atoms with Crippen molar-refractivity contribution in [2.24, 2.45) is 7.05 Å². The van der Waals surface area contributed by atoms with Gasteiger partial charge in [0.25, 0.3) is 0 Å². The Hall–Kier alpha value is -3.13. The van der Waals surface area contributed by atoms with Crippen molar-refractivity contribution < 1.29 is 13.9 Å². The number of amides is 2. The third-order valence-corrected chi connectivity index (χ3v) is 4.07. The van der Waals surface area contributed by atoms with E-state index in [0.29, 0.717) is 33.4 Å². The van der Waals surface area contributed by atoms with Gasteiger partial charge < -0.3 is 15.4 Å². The Balaban J connectivity index is 1.75. The van der Waals surface area contributed by atoms with Crippen LogP contribution >= 0.6 is 11.6 Å². The zero-order chi connectivity index (χ0) is 19.4. The average molecular weight is 390 g/mol. The Bertz CT molecular complexity index is 957. The lowest BCUT2D eigenvalue weighted by Gasteiger charge is -2.12.